The average molecular weight is 756 g/mol. The molecule has 3 rings (SSSR count). The quantitative estimate of drug-likeness (QED) is 0.357. The van der Waals surface area contributed by atoms with E-state index in [1.807, 2.05) is 49.3 Å². The number of imidazole rings is 1. The Morgan fingerprint density at radius 1 is 1.19 bits per heavy atom. The molecule has 0 saturated carbocycles. The zero-order chi connectivity index (χ0) is 20.1. The third-order valence-corrected chi connectivity index (χ3v) is 2.96. The van der Waals surface area contributed by atoms with Crippen LogP contribution in [0.3, 0.4) is 0 Å². The van der Waals surface area contributed by atoms with Gasteiger partial charge in [0.25, 0.3) is 0 Å². The second-order valence-corrected chi connectivity index (χ2v) is 5.03. The number of aromatic nitrogens is 5. The van der Waals surface area contributed by atoms with Gasteiger partial charge in [-0.3, -0.25) is 9.67 Å². The van der Waals surface area contributed by atoms with Crippen LogP contribution in [0.15, 0.2) is 30.9 Å². The molecule has 0 radical (unpaired) electrons. The molecule has 26 heavy (non-hydrogen) atoms. The summed E-state index contributed by atoms with van der Waals surface area (Å²) in [5.41, 5.74) is 3.73. The van der Waals surface area contributed by atoms with Crippen LogP contribution in [-0.2, 0) is 44.6 Å². The summed E-state index contributed by atoms with van der Waals surface area (Å²) < 4.78 is 3.78. The monoisotopic (exact) mass is 755 g/mol. The molecule has 0 spiro atoms. The predicted molar refractivity (Wildman–Crippen MR) is 99.2 cm³/mol. The molecule has 0 atom stereocenters. The molecular formula is C17H21Cl2N5Pt2. The van der Waals surface area contributed by atoms with E-state index in [1.54, 1.807) is 56.1 Å². The van der Waals surface area contributed by atoms with Crippen molar-refractivity contribution >= 4 is 18.8 Å². The second kappa shape index (κ2) is 14.6. The molecule has 5 nitrogen and oxygen atoms in total. The third kappa shape index (κ3) is 7.64. The molecule has 0 amide bonds. The minimum atomic E-state index is 0.825. The number of aryl methyl sites for hydroxylation is 3. The van der Waals surface area contributed by atoms with Gasteiger partial charge >= 0.3 is 56.4 Å². The van der Waals surface area contributed by atoms with Crippen LogP contribution in [0, 0.1) is 26.8 Å². The Bertz CT molecular complexity index is 759. The van der Waals surface area contributed by atoms with E-state index in [1.165, 1.54) is 0 Å². The first kappa shape index (κ1) is 25.5. The Hall–Kier alpha value is -0.473. The van der Waals surface area contributed by atoms with Crippen molar-refractivity contribution in [3.63, 3.8) is 0 Å². The summed E-state index contributed by atoms with van der Waals surface area (Å²) >= 11 is 3.22. The molecule has 0 aliphatic rings. The first-order valence-electron chi connectivity index (χ1n) is 7.48. The van der Waals surface area contributed by atoms with Crippen molar-refractivity contribution in [2.45, 2.75) is 27.2 Å². The van der Waals surface area contributed by atoms with E-state index in [-0.39, 0.29) is 0 Å². The van der Waals surface area contributed by atoms with Gasteiger partial charge in [-0.2, -0.15) is 11.5 Å². The standard InChI is InChI=1S/C14H14N5.C3H7.2ClH.2Pt/c1-10-6-11(2)19(17-10)13-7-12(8-15-9-13)14-16-4-5-18(14)3;1-3-2;;;;/h4-6,8-9H,1-3H3;1,3H2,2H3;2*1H;;/q2*-1;;;2*+2/p-2. The first-order valence-corrected chi connectivity index (χ1v) is 13.1. The van der Waals surface area contributed by atoms with Gasteiger partial charge in [0.05, 0.1) is 11.5 Å². The molecule has 0 unspecified atom stereocenters. The summed E-state index contributed by atoms with van der Waals surface area (Å²) in [6, 6.07) is 5.34. The fourth-order valence-electron chi connectivity index (χ4n) is 2.10. The molecule has 0 aliphatic heterocycles. The van der Waals surface area contributed by atoms with Gasteiger partial charge in [-0.1, -0.05) is 18.7 Å². The zero-order valence-corrected chi connectivity index (χ0v) is 21.0. The summed E-state index contributed by atoms with van der Waals surface area (Å²) in [7, 11) is 11.2. The van der Waals surface area contributed by atoms with Crippen molar-refractivity contribution < 1.29 is 37.5 Å². The fourth-order valence-corrected chi connectivity index (χ4v) is 2.10. The van der Waals surface area contributed by atoms with E-state index in [4.69, 9.17) is 0 Å². The zero-order valence-electron chi connectivity index (χ0n) is 14.9. The average Bonchev–Trinajstić information content (AvgIpc) is 3.24. The van der Waals surface area contributed by atoms with E-state index in [2.05, 4.69) is 46.9 Å². The summed E-state index contributed by atoms with van der Waals surface area (Å²) in [5, 5.41) is 4.44. The Morgan fingerprint density at radius 2 is 1.81 bits per heavy atom. The summed E-state index contributed by atoms with van der Waals surface area (Å²) in [4.78, 5) is 8.57. The molecule has 3 heterocycles. The van der Waals surface area contributed by atoms with Gasteiger partial charge in [-0.25, -0.2) is 0 Å². The molecule has 148 valence electrons. The van der Waals surface area contributed by atoms with Crippen molar-refractivity contribution in [2.75, 3.05) is 0 Å². The van der Waals surface area contributed by atoms with Crippen LogP contribution in [0.4, 0.5) is 0 Å². The summed E-state index contributed by atoms with van der Waals surface area (Å²) in [6.07, 6.45) is 8.18. The van der Waals surface area contributed by atoms with Crippen molar-refractivity contribution in [3.8, 4) is 17.1 Å². The summed E-state index contributed by atoms with van der Waals surface area (Å²) in [6.45, 7) is 9.49. The van der Waals surface area contributed by atoms with Crippen molar-refractivity contribution in [1.29, 1.82) is 0 Å². The molecule has 9 heteroatoms. The third-order valence-electron chi connectivity index (χ3n) is 2.96. The van der Waals surface area contributed by atoms with Gasteiger partial charge in [-0.15, -0.1) is 6.07 Å². The fraction of sp³-hybridized carbons (Fsp3) is 0.294. The molecule has 3 aromatic rings. The van der Waals surface area contributed by atoms with Crippen LogP contribution in [-0.4, -0.2) is 24.3 Å². The molecule has 0 aliphatic carbocycles. The molecule has 3 aromatic heterocycles. The number of rotatable bonds is 2. The van der Waals surface area contributed by atoms with Crippen LogP contribution in [0.25, 0.3) is 17.1 Å². The molecule has 0 saturated heterocycles. The van der Waals surface area contributed by atoms with Crippen LogP contribution < -0.4 is 0 Å². The molecule has 0 aromatic carbocycles. The molecule has 0 N–H and O–H groups in total. The Kier molecular flexibility index (Phi) is 14.3. The second-order valence-electron chi connectivity index (χ2n) is 5.03. The predicted octanol–water partition coefficient (Wildman–Crippen LogP) is 4.69. The van der Waals surface area contributed by atoms with E-state index in [9.17, 15) is 0 Å². The van der Waals surface area contributed by atoms with Gasteiger partial charge in [0.1, 0.15) is 0 Å². The Balaban J connectivity index is 0.000000793. The van der Waals surface area contributed by atoms with Crippen LogP contribution in [0.5, 0.6) is 0 Å². The topological polar surface area (TPSA) is 48.5 Å². The van der Waals surface area contributed by atoms with Crippen molar-refractivity contribution in [2.24, 2.45) is 7.05 Å². The number of halogens is 2. The van der Waals surface area contributed by atoms with E-state index < -0.39 is 0 Å². The van der Waals surface area contributed by atoms with Gasteiger partial charge in [0.2, 0.25) is 0 Å². The SMILES string of the molecule is Cc1cc(C)n(-c2[c-]c(-c3nccn3C)cnc2)n1.[CH2-]CC.[Cl][Pt+].[Cl][Pt+]. The van der Waals surface area contributed by atoms with Gasteiger partial charge in [0, 0.05) is 30.8 Å². The van der Waals surface area contributed by atoms with E-state index in [0.29, 0.717) is 0 Å². The van der Waals surface area contributed by atoms with Gasteiger partial charge in [-0.05, 0) is 26.1 Å². The molecular weight excluding hydrogens is 735 g/mol. The van der Waals surface area contributed by atoms with Crippen molar-refractivity contribution in [1.82, 2.24) is 24.3 Å². The normalized spacial score (nSPS) is 9.19. The van der Waals surface area contributed by atoms with Crippen LogP contribution >= 0.6 is 18.8 Å². The number of pyridine rings is 1. The maximum absolute atomic E-state index is 4.61. The number of hydrogen-bond donors (Lipinski definition) is 0. The number of hydrogen-bond acceptors (Lipinski definition) is 3. The van der Waals surface area contributed by atoms with Gasteiger partial charge < -0.3 is 16.5 Å². The van der Waals surface area contributed by atoms with Gasteiger partial charge in [0.15, 0.2) is 0 Å². The Labute approximate surface area is 186 Å². The minimum absolute atomic E-state index is 0.825. The molecule has 0 fully saturated rings. The first-order chi connectivity index (χ1) is 12.6. The van der Waals surface area contributed by atoms with Crippen LogP contribution in [0.2, 0.25) is 0 Å². The van der Waals surface area contributed by atoms with E-state index >= 15 is 0 Å². The summed E-state index contributed by atoms with van der Waals surface area (Å²) in [5.74, 6) is 0.843. The van der Waals surface area contributed by atoms with Crippen LogP contribution in [0.1, 0.15) is 24.7 Å². The maximum atomic E-state index is 4.61. The number of nitrogens with zero attached hydrogens (tertiary/aromatic N) is 5. The van der Waals surface area contributed by atoms with Crippen molar-refractivity contribution in [3.05, 3.63) is 55.2 Å². The molecule has 0 bridgehead atoms. The Morgan fingerprint density at radius 3 is 2.27 bits per heavy atom. The van der Waals surface area contributed by atoms with E-state index in [0.717, 1.165) is 34.9 Å².